The fourth-order valence-electron chi connectivity index (χ4n) is 3.81. The van der Waals surface area contributed by atoms with E-state index in [0.29, 0.717) is 37.9 Å². The molecule has 0 N–H and O–H groups in total. The van der Waals surface area contributed by atoms with E-state index in [1.807, 2.05) is 45.6 Å². The van der Waals surface area contributed by atoms with Gasteiger partial charge in [-0.05, 0) is 31.0 Å². The van der Waals surface area contributed by atoms with Gasteiger partial charge in [-0.2, -0.15) is 0 Å². The molecule has 3 rings (SSSR count). The topological polar surface area (TPSA) is 46.6 Å². The number of aryl methyl sites for hydroxylation is 2. The molecule has 0 unspecified atom stereocenters. The summed E-state index contributed by atoms with van der Waals surface area (Å²) < 4.78 is 6.37. The van der Waals surface area contributed by atoms with Crippen molar-refractivity contribution in [2.45, 2.75) is 59.5 Å². The predicted octanol–water partition coefficient (Wildman–Crippen LogP) is 3.68. The van der Waals surface area contributed by atoms with Gasteiger partial charge in [0.25, 0.3) is 0 Å². The van der Waals surface area contributed by atoms with Gasteiger partial charge in [-0.3, -0.25) is 9.59 Å². The van der Waals surface area contributed by atoms with Crippen molar-refractivity contribution >= 4 is 11.7 Å². The minimum absolute atomic E-state index is 0.165. The SMILES string of the molecule is Cc1cc(C)c2c(c1)C(=O)CC1(CCN(C(=O)C(C)(C)C)CC1)O2. The van der Waals surface area contributed by atoms with Crippen molar-refractivity contribution in [3.05, 3.63) is 28.8 Å². The van der Waals surface area contributed by atoms with Gasteiger partial charge in [0.15, 0.2) is 5.78 Å². The number of hydrogen-bond acceptors (Lipinski definition) is 3. The lowest BCUT2D eigenvalue weighted by molar-refractivity contribution is -0.143. The lowest BCUT2D eigenvalue weighted by Crippen LogP contribution is -2.54. The highest BCUT2D eigenvalue weighted by Crippen LogP contribution is 2.41. The van der Waals surface area contributed by atoms with Crippen molar-refractivity contribution in [3.8, 4) is 5.75 Å². The Bertz CT molecular complexity index is 692. The standard InChI is InChI=1S/C20H27NO3/c1-13-10-14(2)17-15(11-13)16(22)12-20(24-17)6-8-21(9-7-20)18(23)19(3,4)5/h10-11H,6-9,12H2,1-5H3. The summed E-state index contributed by atoms with van der Waals surface area (Å²) in [5.41, 5.74) is 2.01. The van der Waals surface area contributed by atoms with Crippen LogP contribution in [0.25, 0.3) is 0 Å². The van der Waals surface area contributed by atoms with Crippen LogP contribution < -0.4 is 4.74 Å². The number of Topliss-reactive ketones (excluding diaryl/α,β-unsaturated/α-hetero) is 1. The number of ether oxygens (including phenoxy) is 1. The van der Waals surface area contributed by atoms with Crippen molar-refractivity contribution in [1.29, 1.82) is 0 Å². The molecule has 1 saturated heterocycles. The van der Waals surface area contributed by atoms with E-state index in [1.165, 1.54) is 0 Å². The summed E-state index contributed by atoms with van der Waals surface area (Å²) in [6.07, 6.45) is 1.85. The minimum atomic E-state index is -0.446. The number of fused-ring (bicyclic) bond motifs is 1. The summed E-state index contributed by atoms with van der Waals surface area (Å²) in [5.74, 6) is 1.08. The fraction of sp³-hybridized carbons (Fsp3) is 0.600. The van der Waals surface area contributed by atoms with E-state index < -0.39 is 5.60 Å². The van der Waals surface area contributed by atoms with Crippen LogP contribution in [0.2, 0.25) is 0 Å². The third kappa shape index (κ3) is 2.94. The number of carbonyl (C=O) groups excluding carboxylic acids is 2. The van der Waals surface area contributed by atoms with Crippen LogP contribution in [0.5, 0.6) is 5.75 Å². The van der Waals surface area contributed by atoms with E-state index in [2.05, 4.69) is 6.07 Å². The van der Waals surface area contributed by atoms with Crippen LogP contribution in [0.1, 0.15) is 61.5 Å². The second-order valence-electron chi connectivity index (χ2n) is 8.39. The first-order chi connectivity index (χ1) is 11.1. The Kier molecular flexibility index (Phi) is 3.97. The first-order valence-electron chi connectivity index (χ1n) is 8.74. The number of rotatable bonds is 0. The molecule has 1 aromatic rings. The highest BCUT2D eigenvalue weighted by Gasteiger charge is 2.45. The lowest BCUT2D eigenvalue weighted by Gasteiger charge is -2.45. The maximum atomic E-state index is 12.7. The molecular weight excluding hydrogens is 302 g/mol. The monoisotopic (exact) mass is 329 g/mol. The zero-order chi connectivity index (χ0) is 17.7. The number of likely N-dealkylation sites (tertiary alicyclic amines) is 1. The number of hydrogen-bond donors (Lipinski definition) is 0. The second-order valence-corrected chi connectivity index (χ2v) is 8.39. The average Bonchev–Trinajstić information content (AvgIpc) is 2.48. The zero-order valence-corrected chi connectivity index (χ0v) is 15.4. The van der Waals surface area contributed by atoms with E-state index in [-0.39, 0.29) is 17.1 Å². The molecule has 4 nitrogen and oxygen atoms in total. The predicted molar refractivity (Wildman–Crippen MR) is 93.5 cm³/mol. The maximum absolute atomic E-state index is 12.7. The van der Waals surface area contributed by atoms with Crippen LogP contribution in [0.4, 0.5) is 0 Å². The number of ketones is 1. The third-order valence-corrected chi connectivity index (χ3v) is 5.12. The summed E-state index contributed by atoms with van der Waals surface area (Å²) in [5, 5.41) is 0. The van der Waals surface area contributed by atoms with Crippen LogP contribution in [-0.2, 0) is 4.79 Å². The molecule has 0 atom stereocenters. The lowest BCUT2D eigenvalue weighted by atomic mass is 9.81. The molecule has 1 aromatic carbocycles. The summed E-state index contributed by atoms with van der Waals surface area (Å²) in [4.78, 5) is 27.1. The molecule has 0 radical (unpaired) electrons. The van der Waals surface area contributed by atoms with E-state index in [4.69, 9.17) is 4.74 Å². The molecule has 24 heavy (non-hydrogen) atoms. The molecule has 1 amide bonds. The molecule has 4 heteroatoms. The van der Waals surface area contributed by atoms with Gasteiger partial charge in [-0.1, -0.05) is 26.8 Å². The highest BCUT2D eigenvalue weighted by molar-refractivity contribution is 6.01. The summed E-state index contributed by atoms with van der Waals surface area (Å²) in [7, 11) is 0. The average molecular weight is 329 g/mol. The third-order valence-electron chi connectivity index (χ3n) is 5.12. The molecule has 0 aromatic heterocycles. The Morgan fingerprint density at radius 1 is 1.17 bits per heavy atom. The number of benzene rings is 1. The minimum Gasteiger partial charge on any atom is -0.486 e. The molecule has 0 aliphatic carbocycles. The van der Waals surface area contributed by atoms with Crippen LogP contribution >= 0.6 is 0 Å². The first kappa shape index (κ1) is 17.0. The quantitative estimate of drug-likeness (QED) is 0.729. The molecule has 0 bridgehead atoms. The number of nitrogens with zero attached hydrogens (tertiary/aromatic N) is 1. The van der Waals surface area contributed by atoms with Gasteiger partial charge in [-0.15, -0.1) is 0 Å². The van der Waals surface area contributed by atoms with Crippen molar-refractivity contribution < 1.29 is 14.3 Å². The fourth-order valence-corrected chi connectivity index (χ4v) is 3.81. The van der Waals surface area contributed by atoms with E-state index in [0.717, 1.165) is 16.9 Å². The number of piperidine rings is 1. The number of amides is 1. The molecule has 0 saturated carbocycles. The largest absolute Gasteiger partial charge is 0.486 e. The summed E-state index contributed by atoms with van der Waals surface area (Å²) in [6.45, 7) is 11.2. The van der Waals surface area contributed by atoms with Gasteiger partial charge in [0.1, 0.15) is 11.4 Å². The van der Waals surface area contributed by atoms with Gasteiger partial charge in [0.2, 0.25) is 5.91 Å². The second kappa shape index (κ2) is 5.61. The normalized spacial score (nSPS) is 19.9. The molecule has 2 aliphatic heterocycles. The Hall–Kier alpha value is -1.84. The van der Waals surface area contributed by atoms with E-state index in [9.17, 15) is 9.59 Å². The molecule has 2 heterocycles. The van der Waals surface area contributed by atoms with Crippen LogP contribution in [0.3, 0.4) is 0 Å². The summed E-state index contributed by atoms with van der Waals surface area (Å²) >= 11 is 0. The van der Waals surface area contributed by atoms with Crippen LogP contribution in [0, 0.1) is 19.3 Å². The smallest absolute Gasteiger partial charge is 0.227 e. The molecule has 1 spiro atoms. The van der Waals surface area contributed by atoms with Crippen LogP contribution in [0.15, 0.2) is 12.1 Å². The molecule has 2 aliphatic rings. The van der Waals surface area contributed by atoms with Crippen molar-refractivity contribution in [2.75, 3.05) is 13.1 Å². The highest BCUT2D eigenvalue weighted by atomic mass is 16.5. The van der Waals surface area contributed by atoms with E-state index in [1.54, 1.807) is 0 Å². The van der Waals surface area contributed by atoms with E-state index >= 15 is 0 Å². The number of carbonyl (C=O) groups is 2. The molecule has 1 fully saturated rings. The first-order valence-corrected chi connectivity index (χ1v) is 8.74. The van der Waals surface area contributed by atoms with Crippen LogP contribution in [-0.4, -0.2) is 35.3 Å². The molecule has 130 valence electrons. The molecular formula is C20H27NO3. The van der Waals surface area contributed by atoms with Gasteiger partial charge in [0.05, 0.1) is 12.0 Å². The van der Waals surface area contributed by atoms with Crippen molar-refractivity contribution in [2.24, 2.45) is 5.41 Å². The van der Waals surface area contributed by atoms with Gasteiger partial charge in [0, 0.05) is 31.3 Å². The summed E-state index contributed by atoms with van der Waals surface area (Å²) in [6, 6.07) is 3.99. The Labute approximate surface area is 144 Å². The van der Waals surface area contributed by atoms with Crippen molar-refractivity contribution in [1.82, 2.24) is 4.90 Å². The maximum Gasteiger partial charge on any atom is 0.227 e. The zero-order valence-electron chi connectivity index (χ0n) is 15.4. The Balaban J connectivity index is 1.80. The Morgan fingerprint density at radius 2 is 1.79 bits per heavy atom. The Morgan fingerprint density at radius 3 is 2.38 bits per heavy atom. The van der Waals surface area contributed by atoms with Gasteiger partial charge < -0.3 is 9.64 Å². The van der Waals surface area contributed by atoms with Gasteiger partial charge in [-0.25, -0.2) is 0 Å². The van der Waals surface area contributed by atoms with Crippen molar-refractivity contribution in [3.63, 3.8) is 0 Å². The van der Waals surface area contributed by atoms with Gasteiger partial charge >= 0.3 is 0 Å².